The lowest BCUT2D eigenvalue weighted by molar-refractivity contribution is -0.144. The molecular formula is C15H19ClN2O3. The van der Waals surface area contributed by atoms with E-state index >= 15 is 0 Å². The Morgan fingerprint density at radius 3 is 2.38 bits per heavy atom. The van der Waals surface area contributed by atoms with Crippen molar-refractivity contribution in [3.63, 3.8) is 0 Å². The SMILES string of the molecule is CC(NC(=O)N1CC(C(C)C(=O)O)C1)c1ccc(Cl)cc1. The molecule has 2 rings (SSSR count). The zero-order valence-corrected chi connectivity index (χ0v) is 12.8. The molecule has 1 saturated heterocycles. The largest absolute Gasteiger partial charge is 0.481 e. The van der Waals surface area contributed by atoms with E-state index < -0.39 is 11.9 Å². The van der Waals surface area contributed by atoms with Gasteiger partial charge in [-0.2, -0.15) is 0 Å². The molecule has 1 aromatic rings. The minimum Gasteiger partial charge on any atom is -0.481 e. The van der Waals surface area contributed by atoms with Gasteiger partial charge in [0.1, 0.15) is 0 Å². The minimum absolute atomic E-state index is 0.0408. The van der Waals surface area contributed by atoms with Crippen molar-refractivity contribution in [1.82, 2.24) is 10.2 Å². The maximum absolute atomic E-state index is 12.1. The number of benzene rings is 1. The van der Waals surface area contributed by atoms with Crippen molar-refractivity contribution in [2.24, 2.45) is 11.8 Å². The fourth-order valence-corrected chi connectivity index (χ4v) is 2.43. The van der Waals surface area contributed by atoms with E-state index in [1.54, 1.807) is 24.0 Å². The monoisotopic (exact) mass is 310 g/mol. The van der Waals surface area contributed by atoms with E-state index in [1.165, 1.54) is 0 Å². The van der Waals surface area contributed by atoms with Crippen LogP contribution in [-0.2, 0) is 4.79 Å². The van der Waals surface area contributed by atoms with Gasteiger partial charge < -0.3 is 15.3 Å². The standard InChI is InChI=1S/C15H19ClN2O3/c1-9(14(19)20)12-7-18(8-12)15(21)17-10(2)11-3-5-13(16)6-4-11/h3-6,9-10,12H,7-8H2,1-2H3,(H,17,21)(H,19,20). The Hall–Kier alpha value is -1.75. The highest BCUT2D eigenvalue weighted by Gasteiger charge is 2.37. The van der Waals surface area contributed by atoms with E-state index in [-0.39, 0.29) is 18.0 Å². The van der Waals surface area contributed by atoms with Gasteiger partial charge in [0.15, 0.2) is 0 Å². The number of amides is 2. The number of nitrogens with one attached hydrogen (secondary N) is 1. The van der Waals surface area contributed by atoms with Crippen molar-refractivity contribution >= 4 is 23.6 Å². The van der Waals surface area contributed by atoms with Gasteiger partial charge in [0.2, 0.25) is 0 Å². The summed E-state index contributed by atoms with van der Waals surface area (Å²) >= 11 is 5.83. The molecule has 2 N–H and O–H groups in total. The minimum atomic E-state index is -0.811. The number of hydrogen-bond donors (Lipinski definition) is 2. The predicted molar refractivity (Wildman–Crippen MR) is 80.3 cm³/mol. The second kappa shape index (κ2) is 6.35. The fraction of sp³-hybridized carbons (Fsp3) is 0.467. The van der Waals surface area contributed by atoms with E-state index in [0.29, 0.717) is 18.1 Å². The zero-order chi connectivity index (χ0) is 15.6. The van der Waals surface area contributed by atoms with Gasteiger partial charge in [-0.05, 0) is 24.6 Å². The molecule has 114 valence electrons. The predicted octanol–water partition coefficient (Wildman–Crippen LogP) is 2.76. The van der Waals surface area contributed by atoms with Gasteiger partial charge in [0.05, 0.1) is 12.0 Å². The molecule has 0 bridgehead atoms. The molecule has 0 aliphatic carbocycles. The van der Waals surface area contributed by atoms with Crippen LogP contribution in [0, 0.1) is 11.8 Å². The lowest BCUT2D eigenvalue weighted by Crippen LogP contribution is -2.56. The molecule has 1 aliphatic heterocycles. The van der Waals surface area contributed by atoms with Crippen LogP contribution in [0.1, 0.15) is 25.5 Å². The summed E-state index contributed by atoms with van der Waals surface area (Å²) in [4.78, 5) is 24.6. The number of hydrogen-bond acceptors (Lipinski definition) is 2. The number of urea groups is 1. The topological polar surface area (TPSA) is 69.6 Å². The fourth-order valence-electron chi connectivity index (χ4n) is 2.31. The van der Waals surface area contributed by atoms with Crippen molar-refractivity contribution in [2.75, 3.05) is 13.1 Å². The highest BCUT2D eigenvalue weighted by Crippen LogP contribution is 2.24. The van der Waals surface area contributed by atoms with E-state index in [4.69, 9.17) is 16.7 Å². The van der Waals surface area contributed by atoms with E-state index in [1.807, 2.05) is 19.1 Å². The average Bonchev–Trinajstić information content (AvgIpc) is 2.37. The van der Waals surface area contributed by atoms with Crippen LogP contribution in [0.15, 0.2) is 24.3 Å². The van der Waals surface area contributed by atoms with Crippen molar-refractivity contribution in [3.05, 3.63) is 34.9 Å². The van der Waals surface area contributed by atoms with Crippen molar-refractivity contribution in [1.29, 1.82) is 0 Å². The lowest BCUT2D eigenvalue weighted by atomic mass is 9.87. The number of rotatable bonds is 4. The highest BCUT2D eigenvalue weighted by atomic mass is 35.5. The Balaban J connectivity index is 1.83. The van der Waals surface area contributed by atoms with Gasteiger partial charge in [0.25, 0.3) is 0 Å². The number of halogens is 1. The molecule has 2 atom stereocenters. The maximum atomic E-state index is 12.1. The Morgan fingerprint density at radius 2 is 1.86 bits per heavy atom. The summed E-state index contributed by atoms with van der Waals surface area (Å²) in [5, 5.41) is 12.5. The molecule has 21 heavy (non-hydrogen) atoms. The van der Waals surface area contributed by atoms with Crippen molar-refractivity contribution in [3.8, 4) is 0 Å². The van der Waals surface area contributed by atoms with Gasteiger partial charge >= 0.3 is 12.0 Å². The number of nitrogens with zero attached hydrogens (tertiary/aromatic N) is 1. The Bertz CT molecular complexity index is 526. The first-order valence-electron chi connectivity index (χ1n) is 6.92. The normalized spacial score (nSPS) is 17.8. The molecule has 1 heterocycles. The van der Waals surface area contributed by atoms with Crippen LogP contribution >= 0.6 is 11.6 Å². The first-order chi connectivity index (χ1) is 9.88. The van der Waals surface area contributed by atoms with Crippen LogP contribution in [-0.4, -0.2) is 35.1 Å². The summed E-state index contributed by atoms with van der Waals surface area (Å²) < 4.78 is 0. The summed E-state index contributed by atoms with van der Waals surface area (Å²) in [5.74, 6) is -1.18. The molecule has 0 radical (unpaired) electrons. The highest BCUT2D eigenvalue weighted by molar-refractivity contribution is 6.30. The maximum Gasteiger partial charge on any atom is 0.317 e. The number of carbonyl (C=O) groups excluding carboxylic acids is 1. The second-order valence-electron chi connectivity index (χ2n) is 5.51. The summed E-state index contributed by atoms with van der Waals surface area (Å²) in [6.45, 7) is 4.57. The number of carboxylic acid groups (broad SMARTS) is 1. The molecule has 2 amide bonds. The molecule has 2 unspecified atom stereocenters. The molecular weight excluding hydrogens is 292 g/mol. The van der Waals surface area contributed by atoms with Gasteiger partial charge in [-0.1, -0.05) is 30.7 Å². The molecule has 5 nitrogen and oxygen atoms in total. The van der Waals surface area contributed by atoms with Crippen LogP contribution in [0.25, 0.3) is 0 Å². The van der Waals surface area contributed by atoms with Crippen molar-refractivity contribution < 1.29 is 14.7 Å². The first-order valence-corrected chi connectivity index (χ1v) is 7.30. The zero-order valence-electron chi connectivity index (χ0n) is 12.0. The average molecular weight is 311 g/mol. The van der Waals surface area contributed by atoms with E-state index in [9.17, 15) is 9.59 Å². The van der Waals surface area contributed by atoms with Crippen LogP contribution in [0.2, 0.25) is 5.02 Å². The third-order valence-corrected chi connectivity index (χ3v) is 4.26. The second-order valence-corrected chi connectivity index (χ2v) is 5.95. The van der Waals surface area contributed by atoms with E-state index in [0.717, 1.165) is 5.56 Å². The number of aliphatic carboxylic acids is 1. The van der Waals surface area contributed by atoms with Crippen LogP contribution in [0.3, 0.4) is 0 Å². The summed E-state index contributed by atoms with van der Waals surface area (Å²) in [5.41, 5.74) is 0.976. The van der Waals surface area contributed by atoms with Gasteiger partial charge in [-0.3, -0.25) is 4.79 Å². The van der Waals surface area contributed by atoms with Crippen molar-refractivity contribution in [2.45, 2.75) is 19.9 Å². The van der Waals surface area contributed by atoms with Gasteiger partial charge in [-0.25, -0.2) is 4.79 Å². The number of carboxylic acids is 1. The Labute approximate surface area is 128 Å². The van der Waals surface area contributed by atoms with Crippen LogP contribution < -0.4 is 5.32 Å². The van der Waals surface area contributed by atoms with E-state index in [2.05, 4.69) is 5.32 Å². The van der Waals surface area contributed by atoms with Gasteiger partial charge in [0, 0.05) is 24.0 Å². The van der Waals surface area contributed by atoms with Crippen LogP contribution in [0.5, 0.6) is 0 Å². The smallest absolute Gasteiger partial charge is 0.317 e. The molecule has 6 heteroatoms. The molecule has 1 fully saturated rings. The lowest BCUT2D eigenvalue weighted by Gasteiger charge is -2.41. The molecule has 1 aromatic carbocycles. The Kier molecular flexibility index (Phi) is 4.73. The molecule has 0 saturated carbocycles. The Morgan fingerprint density at radius 1 is 1.29 bits per heavy atom. The summed E-state index contributed by atoms with van der Waals surface area (Å²) in [7, 11) is 0. The summed E-state index contributed by atoms with van der Waals surface area (Å²) in [6.07, 6.45) is 0. The summed E-state index contributed by atoms with van der Waals surface area (Å²) in [6, 6.07) is 7.04. The molecule has 0 spiro atoms. The van der Waals surface area contributed by atoms with Crippen LogP contribution in [0.4, 0.5) is 4.79 Å². The quantitative estimate of drug-likeness (QED) is 0.898. The first kappa shape index (κ1) is 15.6. The molecule has 1 aliphatic rings. The van der Waals surface area contributed by atoms with Gasteiger partial charge in [-0.15, -0.1) is 0 Å². The number of carbonyl (C=O) groups is 2. The third-order valence-electron chi connectivity index (χ3n) is 4.00. The molecule has 0 aromatic heterocycles. The third kappa shape index (κ3) is 3.67. The number of likely N-dealkylation sites (tertiary alicyclic amines) is 1.